The van der Waals surface area contributed by atoms with Crippen LogP contribution in [0.1, 0.15) is 12.5 Å². The number of carbonyl (C=O) groups excluding carboxylic acids is 1. The summed E-state index contributed by atoms with van der Waals surface area (Å²) in [4.78, 5) is 20.2. The van der Waals surface area contributed by atoms with E-state index in [1.807, 2.05) is 9.80 Å². The lowest BCUT2D eigenvalue weighted by molar-refractivity contribution is -0.137. The summed E-state index contributed by atoms with van der Waals surface area (Å²) in [7, 11) is 0. The zero-order valence-electron chi connectivity index (χ0n) is 16.6. The van der Waals surface area contributed by atoms with Gasteiger partial charge in [0, 0.05) is 38.1 Å². The van der Waals surface area contributed by atoms with Crippen LogP contribution in [0.3, 0.4) is 0 Å². The van der Waals surface area contributed by atoms with Gasteiger partial charge in [-0.15, -0.1) is 0 Å². The minimum Gasteiger partial charge on any atom is -0.435 e. The number of piperazine rings is 1. The quantitative estimate of drug-likeness (QED) is 0.686. The number of halogens is 5. The highest BCUT2D eigenvalue weighted by Crippen LogP contribution is 2.29. The van der Waals surface area contributed by atoms with Crippen molar-refractivity contribution in [1.29, 1.82) is 0 Å². The van der Waals surface area contributed by atoms with Gasteiger partial charge in [0.15, 0.2) is 0 Å². The summed E-state index contributed by atoms with van der Waals surface area (Å²) in [5.41, 5.74) is -0.347. The van der Waals surface area contributed by atoms with Gasteiger partial charge in [-0.3, -0.25) is 9.69 Å². The highest BCUT2D eigenvalue weighted by Gasteiger charge is 2.31. The van der Waals surface area contributed by atoms with Crippen molar-refractivity contribution in [1.82, 2.24) is 9.88 Å². The number of benzene rings is 1. The number of hydrogen-bond acceptors (Lipinski definition) is 5. The molecule has 2 heterocycles. The van der Waals surface area contributed by atoms with Gasteiger partial charge in [0.2, 0.25) is 5.91 Å². The van der Waals surface area contributed by atoms with Crippen LogP contribution in [-0.2, 0) is 11.0 Å². The fourth-order valence-electron chi connectivity index (χ4n) is 3.21. The van der Waals surface area contributed by atoms with Gasteiger partial charge in [-0.2, -0.15) is 22.0 Å². The third-order valence-electron chi connectivity index (χ3n) is 4.99. The number of amides is 1. The van der Waals surface area contributed by atoms with Crippen molar-refractivity contribution in [3.05, 3.63) is 48.2 Å². The van der Waals surface area contributed by atoms with Crippen molar-refractivity contribution in [2.24, 2.45) is 0 Å². The highest BCUT2D eigenvalue weighted by molar-refractivity contribution is 5.94. The Morgan fingerprint density at radius 2 is 1.71 bits per heavy atom. The first-order chi connectivity index (χ1) is 14.6. The number of rotatable bonds is 6. The van der Waals surface area contributed by atoms with E-state index in [0.717, 1.165) is 12.3 Å². The molecular weight excluding hydrogens is 423 g/mol. The van der Waals surface area contributed by atoms with Crippen LogP contribution < -0.4 is 15.0 Å². The molecule has 11 heteroatoms. The summed E-state index contributed by atoms with van der Waals surface area (Å²) >= 11 is 0. The molecule has 2 aromatic rings. The van der Waals surface area contributed by atoms with Gasteiger partial charge in [-0.25, -0.2) is 4.98 Å². The number of carbonyl (C=O) groups is 1. The fourth-order valence-corrected chi connectivity index (χ4v) is 3.21. The summed E-state index contributed by atoms with van der Waals surface area (Å²) in [6.07, 6.45) is -3.61. The molecule has 1 saturated heterocycles. The maximum atomic E-state index is 12.7. The standard InChI is InChI=1S/C20H21F5N4O2/c1-13(18(30)27-15-3-5-16(6-4-15)31-19(21)22)28-8-10-29(11-9-28)17-7-2-14(12-26-17)20(23,24)25/h2-7,12-13,19H,8-11H2,1H3,(H,27,30). The molecule has 1 amide bonds. The van der Waals surface area contributed by atoms with Crippen molar-refractivity contribution in [3.8, 4) is 5.75 Å². The first-order valence-corrected chi connectivity index (χ1v) is 9.51. The SMILES string of the molecule is CC(C(=O)Nc1ccc(OC(F)F)cc1)N1CCN(c2ccc(C(F)(F)F)cn2)CC1. The first-order valence-electron chi connectivity index (χ1n) is 9.51. The minimum atomic E-state index is -4.43. The number of pyridine rings is 1. The Hall–Kier alpha value is -2.95. The van der Waals surface area contributed by atoms with E-state index in [9.17, 15) is 26.7 Å². The van der Waals surface area contributed by atoms with Gasteiger partial charge in [0.25, 0.3) is 0 Å². The predicted molar refractivity (Wildman–Crippen MR) is 104 cm³/mol. The van der Waals surface area contributed by atoms with Gasteiger partial charge in [0.05, 0.1) is 11.6 Å². The lowest BCUT2D eigenvalue weighted by Gasteiger charge is -2.38. The van der Waals surface area contributed by atoms with Crippen molar-refractivity contribution >= 4 is 17.4 Å². The van der Waals surface area contributed by atoms with E-state index < -0.39 is 24.4 Å². The lowest BCUT2D eigenvalue weighted by atomic mass is 10.2. The molecular formula is C20H21F5N4O2. The second-order valence-electron chi connectivity index (χ2n) is 6.99. The van der Waals surface area contributed by atoms with Gasteiger partial charge in [-0.05, 0) is 43.3 Å². The Labute approximate surface area is 175 Å². The van der Waals surface area contributed by atoms with Crippen LogP contribution in [0.15, 0.2) is 42.6 Å². The second kappa shape index (κ2) is 9.46. The van der Waals surface area contributed by atoms with E-state index in [0.29, 0.717) is 37.7 Å². The number of alkyl halides is 5. The number of nitrogens with zero attached hydrogens (tertiary/aromatic N) is 3. The first kappa shape index (κ1) is 22.7. The van der Waals surface area contributed by atoms with Gasteiger partial charge < -0.3 is 15.0 Å². The smallest absolute Gasteiger partial charge is 0.417 e. The van der Waals surface area contributed by atoms with E-state index in [1.165, 1.54) is 30.3 Å². The molecule has 0 radical (unpaired) electrons. The fraction of sp³-hybridized carbons (Fsp3) is 0.400. The van der Waals surface area contributed by atoms with Crippen LogP contribution in [0, 0.1) is 0 Å². The van der Waals surface area contributed by atoms with Crippen LogP contribution in [-0.4, -0.2) is 54.6 Å². The molecule has 168 valence electrons. The number of ether oxygens (including phenoxy) is 1. The molecule has 1 aliphatic rings. The van der Waals surface area contributed by atoms with E-state index >= 15 is 0 Å². The van der Waals surface area contributed by atoms with Crippen LogP contribution in [0.5, 0.6) is 5.75 Å². The Balaban J connectivity index is 1.51. The molecule has 1 aromatic heterocycles. The normalized spacial score (nSPS) is 16.3. The zero-order valence-corrected chi connectivity index (χ0v) is 16.6. The Morgan fingerprint density at radius 1 is 1.06 bits per heavy atom. The molecule has 0 bridgehead atoms. The summed E-state index contributed by atoms with van der Waals surface area (Å²) in [5, 5.41) is 2.73. The summed E-state index contributed by atoms with van der Waals surface area (Å²) < 4.78 is 66.7. The molecule has 1 aliphatic heterocycles. The Bertz CT molecular complexity index is 867. The molecule has 1 aromatic carbocycles. The van der Waals surface area contributed by atoms with Gasteiger partial charge >= 0.3 is 12.8 Å². The van der Waals surface area contributed by atoms with E-state index in [-0.39, 0.29) is 11.7 Å². The molecule has 0 aliphatic carbocycles. The Morgan fingerprint density at radius 3 is 2.23 bits per heavy atom. The van der Waals surface area contributed by atoms with Crippen molar-refractivity contribution in [2.45, 2.75) is 25.8 Å². The van der Waals surface area contributed by atoms with Crippen LogP contribution >= 0.6 is 0 Å². The molecule has 3 rings (SSSR count). The second-order valence-corrected chi connectivity index (χ2v) is 6.99. The van der Waals surface area contributed by atoms with E-state index in [1.54, 1.807) is 6.92 Å². The molecule has 0 spiro atoms. The predicted octanol–water partition coefficient (Wildman–Crippen LogP) is 3.85. The van der Waals surface area contributed by atoms with Gasteiger partial charge in [-0.1, -0.05) is 0 Å². The number of anilines is 2. The van der Waals surface area contributed by atoms with Crippen LogP contribution in [0.25, 0.3) is 0 Å². The third-order valence-corrected chi connectivity index (χ3v) is 4.99. The zero-order chi connectivity index (χ0) is 22.6. The molecule has 0 saturated carbocycles. The monoisotopic (exact) mass is 444 g/mol. The van der Waals surface area contributed by atoms with Crippen LogP contribution in [0.2, 0.25) is 0 Å². The van der Waals surface area contributed by atoms with Gasteiger partial charge in [0.1, 0.15) is 11.6 Å². The Kier molecular flexibility index (Phi) is 6.94. The molecule has 31 heavy (non-hydrogen) atoms. The number of hydrogen-bond donors (Lipinski definition) is 1. The molecule has 1 fully saturated rings. The average Bonchev–Trinajstić information content (AvgIpc) is 2.74. The summed E-state index contributed by atoms with van der Waals surface area (Å²) in [6, 6.07) is 7.50. The van der Waals surface area contributed by atoms with E-state index in [2.05, 4.69) is 15.0 Å². The maximum absolute atomic E-state index is 12.7. The van der Waals surface area contributed by atoms with Crippen LogP contribution in [0.4, 0.5) is 33.5 Å². The average molecular weight is 444 g/mol. The lowest BCUT2D eigenvalue weighted by Crippen LogP contribution is -2.53. The molecule has 6 nitrogen and oxygen atoms in total. The van der Waals surface area contributed by atoms with Crippen molar-refractivity contribution in [2.75, 3.05) is 36.4 Å². The number of nitrogens with one attached hydrogen (secondary N) is 1. The van der Waals surface area contributed by atoms with Crippen molar-refractivity contribution < 1.29 is 31.5 Å². The minimum absolute atomic E-state index is 0.00551. The summed E-state index contributed by atoms with van der Waals surface area (Å²) in [6.45, 7) is 0.898. The molecule has 1 atom stereocenters. The third kappa shape index (κ3) is 6.03. The molecule has 1 N–H and O–H groups in total. The number of aromatic nitrogens is 1. The maximum Gasteiger partial charge on any atom is 0.417 e. The van der Waals surface area contributed by atoms with Crippen molar-refractivity contribution in [3.63, 3.8) is 0 Å². The highest BCUT2D eigenvalue weighted by atomic mass is 19.4. The topological polar surface area (TPSA) is 57.7 Å². The summed E-state index contributed by atoms with van der Waals surface area (Å²) in [5.74, 6) is 0.188. The largest absolute Gasteiger partial charge is 0.435 e. The molecule has 1 unspecified atom stereocenters. The van der Waals surface area contributed by atoms with E-state index in [4.69, 9.17) is 0 Å².